The van der Waals surface area contributed by atoms with Crippen LogP contribution in [0.3, 0.4) is 0 Å². The van der Waals surface area contributed by atoms with Crippen LogP contribution in [-0.4, -0.2) is 53.7 Å². The third kappa shape index (κ3) is 3.18. The number of hydrogen-bond acceptors (Lipinski definition) is 4. The molecule has 0 aromatic carbocycles. The maximum atomic E-state index is 11.1. The first-order valence-electron chi connectivity index (χ1n) is 6.57. The molecule has 1 aliphatic carbocycles. The quantitative estimate of drug-likeness (QED) is 0.646. The second-order valence-corrected chi connectivity index (χ2v) is 5.41. The van der Waals surface area contributed by atoms with E-state index in [1.54, 1.807) is 0 Å². The van der Waals surface area contributed by atoms with Crippen LogP contribution in [0.15, 0.2) is 0 Å². The van der Waals surface area contributed by atoms with Gasteiger partial charge in [0.05, 0.1) is 0 Å². The standard InChI is InChI=1S/C12H23N3O2/c13-12(3-1-2-4-12)5-7-15-8-6-14-9-10(15)11(16)17/h10,14H,1-9,13H2,(H,16,17). The fourth-order valence-electron chi connectivity index (χ4n) is 2.95. The van der Waals surface area contributed by atoms with Gasteiger partial charge in [0.15, 0.2) is 0 Å². The summed E-state index contributed by atoms with van der Waals surface area (Å²) in [6, 6.07) is -0.381. The smallest absolute Gasteiger partial charge is 0.322 e. The average molecular weight is 241 g/mol. The molecule has 0 amide bonds. The van der Waals surface area contributed by atoms with Gasteiger partial charge in [-0.1, -0.05) is 12.8 Å². The number of carbonyl (C=O) groups is 1. The summed E-state index contributed by atoms with van der Waals surface area (Å²) in [5, 5.41) is 12.3. The van der Waals surface area contributed by atoms with Gasteiger partial charge in [0.1, 0.15) is 6.04 Å². The highest BCUT2D eigenvalue weighted by molar-refractivity contribution is 5.73. The van der Waals surface area contributed by atoms with Crippen LogP contribution in [0.5, 0.6) is 0 Å². The molecule has 0 aromatic heterocycles. The van der Waals surface area contributed by atoms with E-state index >= 15 is 0 Å². The van der Waals surface area contributed by atoms with Gasteiger partial charge in [0, 0.05) is 31.7 Å². The Balaban J connectivity index is 1.85. The third-order valence-electron chi connectivity index (χ3n) is 4.14. The first kappa shape index (κ1) is 12.8. The van der Waals surface area contributed by atoms with Crippen molar-refractivity contribution in [1.29, 1.82) is 0 Å². The van der Waals surface area contributed by atoms with Crippen LogP contribution < -0.4 is 11.1 Å². The van der Waals surface area contributed by atoms with Crippen LogP contribution >= 0.6 is 0 Å². The van der Waals surface area contributed by atoms with E-state index in [9.17, 15) is 4.79 Å². The monoisotopic (exact) mass is 241 g/mol. The number of rotatable bonds is 4. The molecule has 1 aliphatic heterocycles. The Bertz CT molecular complexity index is 277. The van der Waals surface area contributed by atoms with Crippen molar-refractivity contribution in [2.24, 2.45) is 5.73 Å². The minimum atomic E-state index is -0.727. The highest BCUT2D eigenvalue weighted by atomic mass is 16.4. The first-order valence-corrected chi connectivity index (χ1v) is 6.57. The van der Waals surface area contributed by atoms with Gasteiger partial charge in [-0.3, -0.25) is 9.69 Å². The summed E-state index contributed by atoms with van der Waals surface area (Å²) in [6.07, 6.45) is 5.56. The highest BCUT2D eigenvalue weighted by Crippen LogP contribution is 2.30. The summed E-state index contributed by atoms with van der Waals surface area (Å²) in [4.78, 5) is 13.2. The molecule has 2 rings (SSSR count). The molecule has 5 nitrogen and oxygen atoms in total. The van der Waals surface area contributed by atoms with Crippen LogP contribution in [0.4, 0.5) is 0 Å². The summed E-state index contributed by atoms with van der Waals surface area (Å²) in [7, 11) is 0. The summed E-state index contributed by atoms with van der Waals surface area (Å²) in [6.45, 7) is 3.05. The Morgan fingerprint density at radius 3 is 2.82 bits per heavy atom. The SMILES string of the molecule is NC1(CCN2CCNCC2C(=O)O)CCCC1. The van der Waals surface area contributed by atoms with Crippen LogP contribution in [0, 0.1) is 0 Å². The third-order valence-corrected chi connectivity index (χ3v) is 4.14. The summed E-state index contributed by atoms with van der Waals surface area (Å²) < 4.78 is 0. The van der Waals surface area contributed by atoms with E-state index in [4.69, 9.17) is 10.8 Å². The zero-order valence-corrected chi connectivity index (χ0v) is 10.3. The second kappa shape index (κ2) is 5.33. The number of carboxylic acid groups (broad SMARTS) is 1. The van der Waals surface area contributed by atoms with Crippen molar-refractivity contribution < 1.29 is 9.90 Å². The Kier molecular flexibility index (Phi) is 4.01. The molecule has 2 aliphatic rings. The van der Waals surface area contributed by atoms with Crippen LogP contribution in [0.2, 0.25) is 0 Å². The number of carboxylic acids is 1. The molecule has 1 unspecified atom stereocenters. The minimum absolute atomic E-state index is 0.0338. The van der Waals surface area contributed by atoms with Crippen molar-refractivity contribution in [1.82, 2.24) is 10.2 Å². The van der Waals surface area contributed by atoms with E-state index in [1.807, 2.05) is 0 Å². The Morgan fingerprint density at radius 2 is 2.18 bits per heavy atom. The van der Waals surface area contributed by atoms with Gasteiger partial charge in [-0.2, -0.15) is 0 Å². The lowest BCUT2D eigenvalue weighted by atomic mass is 9.94. The van der Waals surface area contributed by atoms with Crippen molar-refractivity contribution in [2.45, 2.75) is 43.7 Å². The molecule has 0 aromatic rings. The molecule has 1 saturated heterocycles. The zero-order valence-electron chi connectivity index (χ0n) is 10.3. The average Bonchev–Trinajstić information content (AvgIpc) is 2.74. The van der Waals surface area contributed by atoms with Gasteiger partial charge in [-0.25, -0.2) is 0 Å². The number of nitrogens with zero attached hydrogens (tertiary/aromatic N) is 1. The van der Waals surface area contributed by atoms with Crippen LogP contribution in [0.1, 0.15) is 32.1 Å². The van der Waals surface area contributed by atoms with Crippen LogP contribution in [0.25, 0.3) is 0 Å². The maximum Gasteiger partial charge on any atom is 0.322 e. The number of hydrogen-bond donors (Lipinski definition) is 3. The predicted molar refractivity (Wildman–Crippen MR) is 65.9 cm³/mol. The summed E-state index contributed by atoms with van der Waals surface area (Å²) in [5.41, 5.74) is 6.27. The Labute approximate surface area is 102 Å². The molecule has 17 heavy (non-hydrogen) atoms. The molecule has 1 heterocycles. The lowest BCUT2D eigenvalue weighted by Crippen LogP contribution is -2.56. The molecule has 2 fully saturated rings. The van der Waals surface area contributed by atoms with Crippen molar-refractivity contribution in [3.05, 3.63) is 0 Å². The first-order chi connectivity index (χ1) is 8.11. The molecule has 4 N–H and O–H groups in total. The fourth-order valence-corrected chi connectivity index (χ4v) is 2.95. The van der Waals surface area contributed by atoms with E-state index in [-0.39, 0.29) is 11.6 Å². The van der Waals surface area contributed by atoms with E-state index < -0.39 is 5.97 Å². The fraction of sp³-hybridized carbons (Fsp3) is 0.917. The molecule has 0 radical (unpaired) electrons. The lowest BCUT2D eigenvalue weighted by Gasteiger charge is -2.35. The van der Waals surface area contributed by atoms with Crippen molar-refractivity contribution >= 4 is 5.97 Å². The summed E-state index contributed by atoms with van der Waals surface area (Å²) >= 11 is 0. The van der Waals surface area contributed by atoms with Gasteiger partial charge < -0.3 is 16.2 Å². The van der Waals surface area contributed by atoms with Gasteiger partial charge in [-0.15, -0.1) is 0 Å². The number of nitrogens with one attached hydrogen (secondary N) is 1. The van der Waals surface area contributed by atoms with Gasteiger partial charge in [0.2, 0.25) is 0 Å². The van der Waals surface area contributed by atoms with Gasteiger partial charge >= 0.3 is 5.97 Å². The van der Waals surface area contributed by atoms with E-state index in [1.165, 1.54) is 12.8 Å². The number of piperazine rings is 1. The predicted octanol–water partition coefficient (Wildman–Crippen LogP) is 0.00640. The normalized spacial score (nSPS) is 29.4. The van der Waals surface area contributed by atoms with Crippen molar-refractivity contribution in [2.75, 3.05) is 26.2 Å². The molecular formula is C12H23N3O2. The number of aliphatic carboxylic acids is 1. The molecular weight excluding hydrogens is 218 g/mol. The largest absolute Gasteiger partial charge is 0.480 e. The van der Waals surface area contributed by atoms with Crippen molar-refractivity contribution in [3.8, 4) is 0 Å². The molecule has 5 heteroatoms. The molecule has 1 atom stereocenters. The van der Waals surface area contributed by atoms with Gasteiger partial charge in [0.25, 0.3) is 0 Å². The van der Waals surface area contributed by atoms with E-state index in [0.717, 1.165) is 38.9 Å². The topological polar surface area (TPSA) is 78.6 Å². The van der Waals surface area contributed by atoms with Crippen molar-refractivity contribution in [3.63, 3.8) is 0 Å². The second-order valence-electron chi connectivity index (χ2n) is 5.41. The number of nitrogens with two attached hydrogens (primary N) is 1. The minimum Gasteiger partial charge on any atom is -0.480 e. The maximum absolute atomic E-state index is 11.1. The lowest BCUT2D eigenvalue weighted by molar-refractivity contribution is -0.144. The van der Waals surface area contributed by atoms with Gasteiger partial charge in [-0.05, 0) is 19.3 Å². The molecule has 98 valence electrons. The highest BCUT2D eigenvalue weighted by Gasteiger charge is 2.33. The van der Waals surface area contributed by atoms with E-state index in [0.29, 0.717) is 6.54 Å². The zero-order chi connectivity index (χ0) is 12.3. The summed E-state index contributed by atoms with van der Waals surface area (Å²) in [5.74, 6) is -0.727. The Morgan fingerprint density at radius 1 is 1.47 bits per heavy atom. The van der Waals surface area contributed by atoms with Crippen LogP contribution in [-0.2, 0) is 4.79 Å². The molecule has 1 saturated carbocycles. The van der Waals surface area contributed by atoms with E-state index in [2.05, 4.69) is 10.2 Å². The Hall–Kier alpha value is -0.650. The molecule has 0 bridgehead atoms. The molecule has 0 spiro atoms.